The Hall–Kier alpha value is -0.640. The molecule has 4 heteroatoms. The molecule has 0 bridgehead atoms. The molecule has 1 rings (SSSR count). The van der Waals surface area contributed by atoms with E-state index in [4.69, 9.17) is 4.74 Å². The van der Waals surface area contributed by atoms with E-state index in [2.05, 4.69) is 15.9 Å². The van der Waals surface area contributed by atoms with Gasteiger partial charge in [0.05, 0.1) is 10.9 Å². The molecule has 1 atom stereocenters. The van der Waals surface area contributed by atoms with E-state index in [-0.39, 0.29) is 24.3 Å². The van der Waals surface area contributed by atoms with Gasteiger partial charge in [0.15, 0.2) is 5.78 Å². The summed E-state index contributed by atoms with van der Waals surface area (Å²) in [5.41, 5.74) is 0. The molecule has 0 aromatic rings. The van der Waals surface area contributed by atoms with Gasteiger partial charge in [-0.05, 0) is 22.0 Å². The molecule has 3 nitrogen and oxygen atoms in total. The summed E-state index contributed by atoms with van der Waals surface area (Å²) >= 11 is 3.05. The van der Waals surface area contributed by atoms with Crippen molar-refractivity contribution in [2.75, 3.05) is 0 Å². The second-order valence-corrected chi connectivity index (χ2v) is 3.14. The zero-order valence-electron chi connectivity index (χ0n) is 5.96. The molecule has 0 amide bonds. The summed E-state index contributed by atoms with van der Waals surface area (Å²) in [6.45, 7) is 1.32. The molecule has 1 aliphatic rings. The minimum atomic E-state index is -0.366. The van der Waals surface area contributed by atoms with E-state index in [1.165, 1.54) is 6.92 Å². The molecular weight excluding hydrogens is 212 g/mol. The van der Waals surface area contributed by atoms with Gasteiger partial charge in [-0.25, -0.2) is 0 Å². The average molecular weight is 219 g/mol. The molecule has 0 saturated heterocycles. The van der Waals surface area contributed by atoms with Gasteiger partial charge in [0, 0.05) is 6.92 Å². The summed E-state index contributed by atoms with van der Waals surface area (Å²) in [6, 6.07) is 0. The Morgan fingerprint density at radius 3 is 2.82 bits per heavy atom. The van der Waals surface area contributed by atoms with Crippen LogP contribution in [0.2, 0.25) is 0 Å². The van der Waals surface area contributed by atoms with E-state index >= 15 is 0 Å². The number of ketones is 1. The molecule has 0 radical (unpaired) electrons. The second-order valence-electron chi connectivity index (χ2n) is 2.29. The van der Waals surface area contributed by atoms with Gasteiger partial charge in [0.1, 0.15) is 6.10 Å². The lowest BCUT2D eigenvalue weighted by atomic mass is 10.3. The van der Waals surface area contributed by atoms with Crippen LogP contribution in [-0.4, -0.2) is 17.9 Å². The maximum atomic E-state index is 10.9. The standard InChI is InChI=1S/C7H7BrO3/c1-4(9)11-5-2-6(8)7(10)3-5/h2,5H,3H2,1H3. The zero-order chi connectivity index (χ0) is 8.43. The highest BCUT2D eigenvalue weighted by Gasteiger charge is 2.23. The third kappa shape index (κ3) is 2.15. The Morgan fingerprint density at radius 1 is 1.82 bits per heavy atom. The monoisotopic (exact) mass is 218 g/mol. The van der Waals surface area contributed by atoms with Crippen LogP contribution in [0.4, 0.5) is 0 Å². The first-order valence-corrected chi connectivity index (χ1v) is 3.96. The van der Waals surface area contributed by atoms with Crippen molar-refractivity contribution in [1.29, 1.82) is 0 Å². The number of carbonyl (C=O) groups is 2. The van der Waals surface area contributed by atoms with Gasteiger partial charge in [-0.1, -0.05) is 0 Å². The van der Waals surface area contributed by atoms with Crippen LogP contribution in [0.5, 0.6) is 0 Å². The quantitative estimate of drug-likeness (QED) is 0.621. The molecule has 1 aliphatic carbocycles. The van der Waals surface area contributed by atoms with Crippen molar-refractivity contribution >= 4 is 27.7 Å². The number of ether oxygens (including phenoxy) is 1. The van der Waals surface area contributed by atoms with Crippen LogP contribution in [0, 0.1) is 0 Å². The molecule has 0 aliphatic heterocycles. The molecule has 0 aromatic heterocycles. The number of rotatable bonds is 1. The molecule has 0 aromatic carbocycles. The van der Waals surface area contributed by atoms with Crippen molar-refractivity contribution < 1.29 is 14.3 Å². The number of hydrogen-bond donors (Lipinski definition) is 0. The lowest BCUT2D eigenvalue weighted by molar-refractivity contribution is -0.144. The first-order chi connectivity index (χ1) is 5.09. The summed E-state index contributed by atoms with van der Waals surface area (Å²) in [4.78, 5) is 21.3. The highest BCUT2D eigenvalue weighted by molar-refractivity contribution is 9.12. The molecule has 0 spiro atoms. The van der Waals surface area contributed by atoms with Gasteiger partial charge >= 0.3 is 5.97 Å². The smallest absolute Gasteiger partial charge is 0.303 e. The number of esters is 1. The Bertz CT molecular complexity index is 232. The van der Waals surface area contributed by atoms with Crippen molar-refractivity contribution in [2.45, 2.75) is 19.4 Å². The molecule has 11 heavy (non-hydrogen) atoms. The van der Waals surface area contributed by atoms with E-state index < -0.39 is 0 Å². The van der Waals surface area contributed by atoms with Crippen molar-refractivity contribution in [3.63, 3.8) is 0 Å². The molecule has 1 unspecified atom stereocenters. The molecule has 0 heterocycles. The normalized spacial score (nSPS) is 23.3. The summed E-state index contributed by atoms with van der Waals surface area (Å²) in [5.74, 6) is -0.377. The minimum absolute atomic E-state index is 0.0174. The predicted molar refractivity (Wildman–Crippen MR) is 42.2 cm³/mol. The van der Waals surface area contributed by atoms with E-state index in [1.807, 2.05) is 0 Å². The van der Waals surface area contributed by atoms with Gasteiger partial charge in [-0.2, -0.15) is 0 Å². The van der Waals surface area contributed by atoms with Gasteiger partial charge in [-0.3, -0.25) is 9.59 Å². The molecule has 0 N–H and O–H groups in total. The minimum Gasteiger partial charge on any atom is -0.458 e. The lowest BCUT2D eigenvalue weighted by Gasteiger charge is -2.04. The van der Waals surface area contributed by atoms with Crippen LogP contribution in [0.15, 0.2) is 10.6 Å². The van der Waals surface area contributed by atoms with Crippen molar-refractivity contribution in [3.05, 3.63) is 10.6 Å². The van der Waals surface area contributed by atoms with Crippen LogP contribution < -0.4 is 0 Å². The third-order valence-corrected chi connectivity index (χ3v) is 2.01. The van der Waals surface area contributed by atoms with Gasteiger partial charge in [0.25, 0.3) is 0 Å². The Balaban J connectivity index is 2.54. The Labute approximate surface area is 72.5 Å². The zero-order valence-corrected chi connectivity index (χ0v) is 7.55. The SMILES string of the molecule is CC(=O)OC1C=C(Br)C(=O)C1. The van der Waals surface area contributed by atoms with Crippen LogP contribution in [0.1, 0.15) is 13.3 Å². The number of halogens is 1. The fourth-order valence-electron chi connectivity index (χ4n) is 0.884. The van der Waals surface area contributed by atoms with Gasteiger partial charge < -0.3 is 4.74 Å². The molecular formula is C7H7BrO3. The maximum absolute atomic E-state index is 10.9. The third-order valence-electron chi connectivity index (χ3n) is 1.30. The highest BCUT2D eigenvalue weighted by atomic mass is 79.9. The van der Waals surface area contributed by atoms with Crippen LogP contribution in [0.25, 0.3) is 0 Å². The topological polar surface area (TPSA) is 43.4 Å². The van der Waals surface area contributed by atoms with E-state index in [1.54, 1.807) is 6.08 Å². The fourth-order valence-corrected chi connectivity index (χ4v) is 1.34. The Kier molecular flexibility index (Phi) is 2.44. The predicted octanol–water partition coefficient (Wildman–Crippen LogP) is 1.17. The van der Waals surface area contributed by atoms with Crippen LogP contribution >= 0.6 is 15.9 Å². The van der Waals surface area contributed by atoms with Gasteiger partial charge in [0.2, 0.25) is 0 Å². The molecule has 0 saturated carbocycles. The van der Waals surface area contributed by atoms with Crippen molar-refractivity contribution in [1.82, 2.24) is 0 Å². The second kappa shape index (κ2) is 3.17. The van der Waals surface area contributed by atoms with Gasteiger partial charge in [-0.15, -0.1) is 0 Å². The summed E-state index contributed by atoms with van der Waals surface area (Å²) in [7, 11) is 0. The maximum Gasteiger partial charge on any atom is 0.303 e. The van der Waals surface area contributed by atoms with E-state index in [0.717, 1.165) is 0 Å². The lowest BCUT2D eigenvalue weighted by Crippen LogP contribution is -2.12. The highest BCUT2D eigenvalue weighted by Crippen LogP contribution is 2.21. The summed E-state index contributed by atoms with van der Waals surface area (Å²) in [6.07, 6.45) is 1.50. The van der Waals surface area contributed by atoms with Crippen molar-refractivity contribution in [2.24, 2.45) is 0 Å². The largest absolute Gasteiger partial charge is 0.458 e. The molecule has 60 valence electrons. The average Bonchev–Trinajstić information content (AvgIpc) is 2.10. The number of allylic oxidation sites excluding steroid dienone is 1. The number of hydrogen-bond acceptors (Lipinski definition) is 3. The van der Waals surface area contributed by atoms with E-state index in [0.29, 0.717) is 4.48 Å². The van der Waals surface area contributed by atoms with E-state index in [9.17, 15) is 9.59 Å². The first-order valence-electron chi connectivity index (χ1n) is 3.17. The van der Waals surface area contributed by atoms with Crippen LogP contribution in [0.3, 0.4) is 0 Å². The first kappa shape index (κ1) is 8.46. The number of Topliss-reactive ketones (excluding diaryl/α,β-unsaturated/α-hetero) is 1. The Morgan fingerprint density at radius 2 is 2.45 bits per heavy atom. The summed E-state index contributed by atoms with van der Waals surface area (Å²) < 4.78 is 5.29. The van der Waals surface area contributed by atoms with Crippen LogP contribution in [-0.2, 0) is 14.3 Å². The molecule has 0 fully saturated rings. The summed E-state index contributed by atoms with van der Waals surface area (Å²) in [5, 5.41) is 0. The fraction of sp³-hybridized carbons (Fsp3) is 0.429. The number of carbonyl (C=O) groups excluding carboxylic acids is 2. The van der Waals surface area contributed by atoms with Crippen molar-refractivity contribution in [3.8, 4) is 0 Å².